The number of nitrogens with one attached hydrogen (secondary N) is 1. The van der Waals surface area contributed by atoms with Crippen molar-refractivity contribution in [1.29, 1.82) is 0 Å². The topological polar surface area (TPSA) is 56.3 Å². The minimum Gasteiger partial charge on any atom is -0.493 e. The van der Waals surface area contributed by atoms with Crippen LogP contribution in [0, 0.1) is 5.92 Å². The number of piperidine rings is 1. The highest BCUT2D eigenvalue weighted by Gasteiger charge is 2.15. The van der Waals surface area contributed by atoms with Gasteiger partial charge in [0.15, 0.2) is 11.5 Å². The van der Waals surface area contributed by atoms with Gasteiger partial charge in [-0.05, 0) is 37.9 Å². The van der Waals surface area contributed by atoms with E-state index in [-0.39, 0.29) is 0 Å². The lowest BCUT2D eigenvalue weighted by molar-refractivity contribution is 0.208. The Hall–Kier alpha value is -1.88. The molecule has 0 saturated carbocycles. The number of methoxy groups -OCH3 is 1. The van der Waals surface area contributed by atoms with Crippen LogP contribution in [-0.2, 0) is 0 Å². The van der Waals surface area contributed by atoms with Crippen LogP contribution in [0.5, 0.6) is 11.5 Å². The second-order valence-electron chi connectivity index (χ2n) is 5.09. The number of fused-ring (bicyclic) bond motifs is 1. The first-order valence-electron chi connectivity index (χ1n) is 6.98. The zero-order chi connectivity index (χ0) is 13.8. The highest BCUT2D eigenvalue weighted by molar-refractivity contribution is 5.81. The second-order valence-corrected chi connectivity index (χ2v) is 5.09. The molecule has 1 N–H and O–H groups in total. The molecule has 1 aliphatic rings. The van der Waals surface area contributed by atoms with Crippen molar-refractivity contribution in [2.24, 2.45) is 5.92 Å². The van der Waals surface area contributed by atoms with Gasteiger partial charge < -0.3 is 14.8 Å². The summed E-state index contributed by atoms with van der Waals surface area (Å²) in [6.45, 7) is 2.89. The second kappa shape index (κ2) is 6.05. The molecule has 0 bridgehead atoms. The van der Waals surface area contributed by atoms with Crippen molar-refractivity contribution >= 4 is 10.9 Å². The fraction of sp³-hybridized carbons (Fsp3) is 0.467. The summed E-state index contributed by atoms with van der Waals surface area (Å²) in [6.07, 6.45) is 5.66. The Labute approximate surface area is 118 Å². The summed E-state index contributed by atoms with van der Waals surface area (Å²) < 4.78 is 11.4. The van der Waals surface area contributed by atoms with Gasteiger partial charge in [-0.3, -0.25) is 0 Å². The van der Waals surface area contributed by atoms with Crippen LogP contribution in [0.15, 0.2) is 24.7 Å². The standard InChI is InChI=1S/C15H19N3O2/c1-19-14-6-12-8-17-10-18-13(12)7-15(14)20-9-11-2-4-16-5-3-11/h6-8,10-11,16H,2-5,9H2,1H3. The largest absolute Gasteiger partial charge is 0.493 e. The normalized spacial score (nSPS) is 16.2. The molecule has 2 heterocycles. The molecular weight excluding hydrogens is 254 g/mol. The van der Waals surface area contributed by atoms with E-state index in [9.17, 15) is 0 Å². The fourth-order valence-electron chi connectivity index (χ4n) is 2.52. The first-order chi connectivity index (χ1) is 9.86. The third-order valence-corrected chi connectivity index (χ3v) is 3.72. The molecule has 2 aromatic rings. The molecule has 0 radical (unpaired) electrons. The molecule has 20 heavy (non-hydrogen) atoms. The molecule has 5 heteroatoms. The van der Waals surface area contributed by atoms with Crippen molar-refractivity contribution in [2.75, 3.05) is 26.8 Å². The van der Waals surface area contributed by atoms with E-state index in [1.807, 2.05) is 12.1 Å². The first kappa shape index (κ1) is 13.1. The maximum atomic E-state index is 5.96. The van der Waals surface area contributed by atoms with Crippen LogP contribution < -0.4 is 14.8 Å². The van der Waals surface area contributed by atoms with Crippen molar-refractivity contribution < 1.29 is 9.47 Å². The van der Waals surface area contributed by atoms with E-state index < -0.39 is 0 Å². The molecule has 5 nitrogen and oxygen atoms in total. The summed E-state index contributed by atoms with van der Waals surface area (Å²) >= 11 is 0. The summed E-state index contributed by atoms with van der Waals surface area (Å²) in [7, 11) is 1.66. The van der Waals surface area contributed by atoms with Crippen LogP contribution >= 0.6 is 0 Å². The molecule has 3 rings (SSSR count). The predicted octanol–water partition coefficient (Wildman–Crippen LogP) is 2.02. The zero-order valence-corrected chi connectivity index (χ0v) is 11.6. The molecule has 1 aliphatic heterocycles. The molecule has 1 saturated heterocycles. The van der Waals surface area contributed by atoms with Gasteiger partial charge in [0.1, 0.15) is 6.33 Å². The van der Waals surface area contributed by atoms with Gasteiger partial charge in [-0.2, -0.15) is 0 Å². The van der Waals surface area contributed by atoms with Crippen molar-refractivity contribution in [2.45, 2.75) is 12.8 Å². The number of aromatic nitrogens is 2. The lowest BCUT2D eigenvalue weighted by Crippen LogP contribution is -2.30. The Bertz CT molecular complexity index is 582. The van der Waals surface area contributed by atoms with Crippen molar-refractivity contribution in [1.82, 2.24) is 15.3 Å². The van der Waals surface area contributed by atoms with E-state index in [0.29, 0.717) is 5.92 Å². The SMILES string of the molecule is COc1cc2cncnc2cc1OCC1CCNCC1. The summed E-state index contributed by atoms with van der Waals surface area (Å²) in [4.78, 5) is 8.28. The molecular formula is C15H19N3O2. The van der Waals surface area contributed by atoms with Gasteiger partial charge in [0.05, 0.1) is 19.2 Å². The van der Waals surface area contributed by atoms with E-state index in [0.717, 1.165) is 54.9 Å². The monoisotopic (exact) mass is 273 g/mol. The molecule has 1 aromatic carbocycles. The summed E-state index contributed by atoms with van der Waals surface area (Å²) in [5, 5.41) is 4.32. The van der Waals surface area contributed by atoms with Gasteiger partial charge in [0, 0.05) is 17.6 Å². The van der Waals surface area contributed by atoms with Gasteiger partial charge in [0.25, 0.3) is 0 Å². The third-order valence-electron chi connectivity index (χ3n) is 3.72. The van der Waals surface area contributed by atoms with Gasteiger partial charge in [-0.15, -0.1) is 0 Å². The molecule has 1 aromatic heterocycles. The van der Waals surface area contributed by atoms with Crippen LogP contribution in [0.4, 0.5) is 0 Å². The predicted molar refractivity (Wildman–Crippen MR) is 77.2 cm³/mol. The smallest absolute Gasteiger partial charge is 0.163 e. The van der Waals surface area contributed by atoms with Gasteiger partial charge >= 0.3 is 0 Å². The number of rotatable bonds is 4. The average molecular weight is 273 g/mol. The molecule has 0 atom stereocenters. The average Bonchev–Trinajstić information content (AvgIpc) is 2.53. The zero-order valence-electron chi connectivity index (χ0n) is 11.6. The maximum absolute atomic E-state index is 5.96. The van der Waals surface area contributed by atoms with Crippen LogP contribution in [0.2, 0.25) is 0 Å². The van der Waals surface area contributed by atoms with Crippen LogP contribution in [-0.4, -0.2) is 36.8 Å². The summed E-state index contributed by atoms with van der Waals surface area (Å²) in [6, 6.07) is 3.85. The van der Waals surface area contributed by atoms with Gasteiger partial charge in [-0.1, -0.05) is 0 Å². The van der Waals surface area contributed by atoms with Crippen LogP contribution in [0.3, 0.4) is 0 Å². The molecule has 0 aliphatic carbocycles. The van der Waals surface area contributed by atoms with E-state index in [2.05, 4.69) is 15.3 Å². The Morgan fingerprint density at radius 2 is 2.10 bits per heavy atom. The summed E-state index contributed by atoms with van der Waals surface area (Å²) in [5.41, 5.74) is 0.876. The molecule has 1 fully saturated rings. The molecule has 0 spiro atoms. The molecule has 106 valence electrons. The number of benzene rings is 1. The highest BCUT2D eigenvalue weighted by Crippen LogP contribution is 2.31. The van der Waals surface area contributed by atoms with Gasteiger partial charge in [0.2, 0.25) is 0 Å². The van der Waals surface area contributed by atoms with E-state index in [1.165, 1.54) is 0 Å². The first-order valence-corrected chi connectivity index (χ1v) is 6.98. The fourth-order valence-corrected chi connectivity index (χ4v) is 2.52. The number of ether oxygens (including phenoxy) is 2. The van der Waals surface area contributed by atoms with Crippen molar-refractivity contribution in [3.05, 3.63) is 24.7 Å². The number of hydrogen-bond acceptors (Lipinski definition) is 5. The lowest BCUT2D eigenvalue weighted by atomic mass is 9.99. The minimum absolute atomic E-state index is 0.613. The summed E-state index contributed by atoms with van der Waals surface area (Å²) in [5.74, 6) is 2.11. The van der Waals surface area contributed by atoms with Crippen molar-refractivity contribution in [3.63, 3.8) is 0 Å². The highest BCUT2D eigenvalue weighted by atomic mass is 16.5. The van der Waals surface area contributed by atoms with Crippen molar-refractivity contribution in [3.8, 4) is 11.5 Å². The Balaban J connectivity index is 1.78. The Kier molecular flexibility index (Phi) is 3.97. The third kappa shape index (κ3) is 2.82. The van der Waals surface area contributed by atoms with Crippen LogP contribution in [0.25, 0.3) is 10.9 Å². The van der Waals surface area contributed by atoms with E-state index >= 15 is 0 Å². The quantitative estimate of drug-likeness (QED) is 0.923. The minimum atomic E-state index is 0.613. The molecule has 0 unspecified atom stereocenters. The maximum Gasteiger partial charge on any atom is 0.163 e. The Morgan fingerprint density at radius 3 is 2.90 bits per heavy atom. The Morgan fingerprint density at radius 1 is 1.25 bits per heavy atom. The van der Waals surface area contributed by atoms with E-state index in [1.54, 1.807) is 19.6 Å². The number of hydrogen-bond donors (Lipinski definition) is 1. The number of nitrogens with zero attached hydrogens (tertiary/aromatic N) is 2. The molecule has 0 amide bonds. The lowest BCUT2D eigenvalue weighted by Gasteiger charge is -2.23. The van der Waals surface area contributed by atoms with Crippen LogP contribution in [0.1, 0.15) is 12.8 Å². The van der Waals surface area contributed by atoms with Gasteiger partial charge in [-0.25, -0.2) is 9.97 Å². The van der Waals surface area contributed by atoms with E-state index in [4.69, 9.17) is 9.47 Å².